The second-order valence-electron chi connectivity index (χ2n) is 3.30. The molecule has 0 aromatic heterocycles. The van der Waals surface area contributed by atoms with Crippen LogP contribution >= 0.6 is 0 Å². The number of hydrogen-bond acceptors (Lipinski definition) is 4. The molecule has 1 aromatic rings. The molecular formula is C11H17NO3. The second-order valence-corrected chi connectivity index (χ2v) is 3.30. The Morgan fingerprint density at radius 3 is 2.53 bits per heavy atom. The predicted octanol–water partition coefficient (Wildman–Crippen LogP) is 1.13. The molecule has 0 unspecified atom stereocenters. The van der Waals surface area contributed by atoms with Crippen molar-refractivity contribution in [2.75, 3.05) is 39.3 Å². The molecule has 4 nitrogen and oxygen atoms in total. The molecule has 0 fully saturated rings. The zero-order valence-corrected chi connectivity index (χ0v) is 9.36. The fourth-order valence-corrected chi connectivity index (χ4v) is 1.21. The van der Waals surface area contributed by atoms with Crippen molar-refractivity contribution in [1.82, 2.24) is 0 Å². The molecule has 1 rings (SSSR count). The van der Waals surface area contributed by atoms with Crippen molar-refractivity contribution in [2.24, 2.45) is 0 Å². The summed E-state index contributed by atoms with van der Waals surface area (Å²) in [6, 6.07) is 5.68. The molecule has 0 bridgehead atoms. The van der Waals surface area contributed by atoms with Gasteiger partial charge in [0.25, 0.3) is 0 Å². The van der Waals surface area contributed by atoms with Gasteiger partial charge in [-0.25, -0.2) is 0 Å². The van der Waals surface area contributed by atoms with Crippen LogP contribution in [0.2, 0.25) is 0 Å². The Bertz CT molecular complexity index is 313. The van der Waals surface area contributed by atoms with Gasteiger partial charge >= 0.3 is 0 Å². The Balaban J connectivity index is 2.91. The van der Waals surface area contributed by atoms with E-state index in [1.165, 1.54) is 0 Å². The molecule has 15 heavy (non-hydrogen) atoms. The summed E-state index contributed by atoms with van der Waals surface area (Å²) in [4.78, 5) is 1.98. The molecule has 0 heterocycles. The maximum absolute atomic E-state index is 8.69. The fourth-order valence-electron chi connectivity index (χ4n) is 1.21. The van der Waals surface area contributed by atoms with Gasteiger partial charge in [-0.05, 0) is 12.1 Å². The molecule has 0 aliphatic carbocycles. The Hall–Kier alpha value is -1.42. The lowest BCUT2D eigenvalue weighted by Crippen LogP contribution is -2.09. The van der Waals surface area contributed by atoms with Crippen LogP contribution < -0.4 is 14.4 Å². The van der Waals surface area contributed by atoms with E-state index in [9.17, 15) is 0 Å². The van der Waals surface area contributed by atoms with E-state index in [0.717, 1.165) is 5.69 Å². The maximum atomic E-state index is 8.69. The highest BCUT2D eigenvalue weighted by molar-refractivity contribution is 5.55. The normalized spacial score (nSPS) is 9.87. The van der Waals surface area contributed by atoms with E-state index in [0.29, 0.717) is 11.5 Å². The number of aliphatic hydroxyl groups is 1. The van der Waals surface area contributed by atoms with Gasteiger partial charge in [-0.2, -0.15) is 0 Å². The lowest BCUT2D eigenvalue weighted by Gasteiger charge is -2.16. The highest BCUT2D eigenvalue weighted by atomic mass is 16.5. The smallest absolute Gasteiger partial charge is 0.163 e. The van der Waals surface area contributed by atoms with Crippen molar-refractivity contribution in [3.63, 3.8) is 0 Å². The largest absolute Gasteiger partial charge is 0.493 e. The van der Waals surface area contributed by atoms with Crippen molar-refractivity contribution in [1.29, 1.82) is 0 Å². The van der Waals surface area contributed by atoms with Crippen LogP contribution in [-0.2, 0) is 0 Å². The summed E-state index contributed by atoms with van der Waals surface area (Å²) in [6.07, 6.45) is 0. The van der Waals surface area contributed by atoms with Gasteiger partial charge in [0.1, 0.15) is 6.61 Å². The average Bonchev–Trinajstić information content (AvgIpc) is 2.25. The van der Waals surface area contributed by atoms with Gasteiger partial charge in [-0.1, -0.05) is 0 Å². The molecular weight excluding hydrogens is 194 g/mol. The third-order valence-electron chi connectivity index (χ3n) is 2.01. The van der Waals surface area contributed by atoms with Crippen LogP contribution in [0.4, 0.5) is 5.69 Å². The maximum Gasteiger partial charge on any atom is 0.163 e. The third-order valence-corrected chi connectivity index (χ3v) is 2.01. The van der Waals surface area contributed by atoms with Gasteiger partial charge in [0.15, 0.2) is 11.5 Å². The molecule has 0 radical (unpaired) electrons. The van der Waals surface area contributed by atoms with Gasteiger partial charge in [0, 0.05) is 25.8 Å². The van der Waals surface area contributed by atoms with Gasteiger partial charge < -0.3 is 19.5 Å². The summed E-state index contributed by atoms with van der Waals surface area (Å²) in [6.45, 7) is 0.266. The Morgan fingerprint density at radius 1 is 1.27 bits per heavy atom. The molecule has 0 atom stereocenters. The highest BCUT2D eigenvalue weighted by Crippen LogP contribution is 2.30. The minimum absolute atomic E-state index is 0.00462. The minimum Gasteiger partial charge on any atom is -0.493 e. The van der Waals surface area contributed by atoms with Gasteiger partial charge in [-0.15, -0.1) is 0 Å². The van der Waals surface area contributed by atoms with E-state index in [4.69, 9.17) is 14.6 Å². The lowest BCUT2D eigenvalue weighted by molar-refractivity contribution is 0.196. The van der Waals surface area contributed by atoms with Crippen LogP contribution in [0.25, 0.3) is 0 Å². The number of rotatable bonds is 5. The van der Waals surface area contributed by atoms with Crippen LogP contribution in [0.1, 0.15) is 0 Å². The van der Waals surface area contributed by atoms with E-state index < -0.39 is 0 Å². The van der Waals surface area contributed by atoms with Gasteiger partial charge in [0.05, 0.1) is 13.7 Å². The molecule has 4 heteroatoms. The standard InChI is InChI=1S/C11H17NO3/c1-12(2)9-4-5-10(14-3)11(8-9)15-7-6-13/h4-5,8,13H,6-7H2,1-3H3. The number of hydrogen-bond donors (Lipinski definition) is 1. The van der Waals surface area contributed by atoms with Crippen LogP contribution in [-0.4, -0.2) is 39.5 Å². The van der Waals surface area contributed by atoms with Crippen molar-refractivity contribution in [3.05, 3.63) is 18.2 Å². The molecule has 0 aliphatic rings. The van der Waals surface area contributed by atoms with Crippen molar-refractivity contribution >= 4 is 5.69 Å². The molecule has 0 amide bonds. The van der Waals surface area contributed by atoms with E-state index in [1.54, 1.807) is 7.11 Å². The minimum atomic E-state index is -0.00462. The summed E-state index contributed by atoms with van der Waals surface area (Å²) >= 11 is 0. The monoisotopic (exact) mass is 211 g/mol. The molecule has 0 aliphatic heterocycles. The second kappa shape index (κ2) is 5.46. The number of aliphatic hydroxyl groups excluding tert-OH is 1. The van der Waals surface area contributed by atoms with Crippen LogP contribution in [0.5, 0.6) is 11.5 Å². The lowest BCUT2D eigenvalue weighted by atomic mass is 10.2. The number of ether oxygens (including phenoxy) is 2. The van der Waals surface area contributed by atoms with Crippen molar-refractivity contribution < 1.29 is 14.6 Å². The summed E-state index contributed by atoms with van der Waals surface area (Å²) in [5.41, 5.74) is 1.03. The molecule has 84 valence electrons. The molecule has 0 spiro atoms. The van der Waals surface area contributed by atoms with Crippen LogP contribution in [0.15, 0.2) is 18.2 Å². The molecule has 1 N–H and O–H groups in total. The van der Waals surface area contributed by atoms with E-state index in [-0.39, 0.29) is 13.2 Å². The molecule has 1 aromatic carbocycles. The zero-order chi connectivity index (χ0) is 11.3. The van der Waals surface area contributed by atoms with E-state index >= 15 is 0 Å². The first-order valence-electron chi connectivity index (χ1n) is 4.78. The number of anilines is 1. The van der Waals surface area contributed by atoms with Crippen molar-refractivity contribution in [2.45, 2.75) is 0 Å². The Kier molecular flexibility index (Phi) is 4.24. The van der Waals surface area contributed by atoms with Crippen LogP contribution in [0, 0.1) is 0 Å². The quantitative estimate of drug-likeness (QED) is 0.792. The Labute approximate surface area is 90.0 Å². The summed E-state index contributed by atoms with van der Waals surface area (Å²) in [7, 11) is 5.51. The van der Waals surface area contributed by atoms with Gasteiger partial charge in [-0.3, -0.25) is 0 Å². The zero-order valence-electron chi connectivity index (χ0n) is 9.36. The molecule has 0 saturated heterocycles. The van der Waals surface area contributed by atoms with Crippen LogP contribution in [0.3, 0.4) is 0 Å². The Morgan fingerprint density at radius 2 is 2.00 bits per heavy atom. The van der Waals surface area contributed by atoms with E-state index in [1.807, 2.05) is 37.2 Å². The number of benzene rings is 1. The molecule has 0 saturated carbocycles. The number of methoxy groups -OCH3 is 1. The van der Waals surface area contributed by atoms with E-state index in [2.05, 4.69) is 0 Å². The average molecular weight is 211 g/mol. The topological polar surface area (TPSA) is 41.9 Å². The first-order chi connectivity index (χ1) is 7.19. The SMILES string of the molecule is COc1ccc(N(C)C)cc1OCCO. The summed E-state index contributed by atoms with van der Waals surface area (Å²) in [5.74, 6) is 1.33. The third kappa shape index (κ3) is 3.02. The summed E-state index contributed by atoms with van der Waals surface area (Å²) in [5, 5.41) is 8.69. The predicted molar refractivity (Wildman–Crippen MR) is 59.9 cm³/mol. The summed E-state index contributed by atoms with van der Waals surface area (Å²) < 4.78 is 10.5. The highest BCUT2D eigenvalue weighted by Gasteiger charge is 2.06. The first-order valence-corrected chi connectivity index (χ1v) is 4.78. The van der Waals surface area contributed by atoms with Gasteiger partial charge in [0.2, 0.25) is 0 Å². The van der Waals surface area contributed by atoms with Crippen molar-refractivity contribution in [3.8, 4) is 11.5 Å². The number of nitrogens with zero attached hydrogens (tertiary/aromatic N) is 1. The first kappa shape index (κ1) is 11.7. The fraction of sp³-hybridized carbons (Fsp3) is 0.455.